The number of nitrogens with two attached hydrogens (primary N) is 1. The second kappa shape index (κ2) is 4.76. The molecule has 1 aliphatic rings. The number of carbonyl (C=O) groups excluding carboxylic acids is 1. The lowest BCUT2D eigenvalue weighted by Gasteiger charge is -2.25. The van der Waals surface area contributed by atoms with Crippen LogP contribution in [0.15, 0.2) is 15.2 Å². The Bertz CT molecular complexity index is 363. The highest BCUT2D eigenvalue weighted by Gasteiger charge is 2.27. The van der Waals surface area contributed by atoms with Crippen LogP contribution in [-0.2, 0) is 0 Å². The van der Waals surface area contributed by atoms with Crippen molar-refractivity contribution in [3.8, 4) is 0 Å². The molecule has 4 heteroatoms. The van der Waals surface area contributed by atoms with Crippen LogP contribution in [0.5, 0.6) is 0 Å². The summed E-state index contributed by atoms with van der Waals surface area (Å²) in [6.07, 6.45) is 3.99. The molecule has 1 aliphatic carbocycles. The van der Waals surface area contributed by atoms with Gasteiger partial charge in [0.05, 0.1) is 0 Å². The van der Waals surface area contributed by atoms with E-state index in [0.717, 1.165) is 35.7 Å². The van der Waals surface area contributed by atoms with Gasteiger partial charge in [-0.3, -0.25) is 4.79 Å². The highest BCUT2D eigenvalue weighted by atomic mass is 79.9. The van der Waals surface area contributed by atoms with Gasteiger partial charge in [0, 0.05) is 32.8 Å². The van der Waals surface area contributed by atoms with E-state index in [1.165, 1.54) is 0 Å². The van der Waals surface area contributed by atoms with Crippen LogP contribution < -0.4 is 5.73 Å². The summed E-state index contributed by atoms with van der Waals surface area (Å²) >= 11 is 4.97. The molecule has 0 amide bonds. The zero-order chi connectivity index (χ0) is 10.8. The van der Waals surface area contributed by atoms with Crippen LogP contribution in [0.4, 0.5) is 0 Å². The van der Waals surface area contributed by atoms with Crippen LogP contribution in [0.3, 0.4) is 0 Å². The van der Waals surface area contributed by atoms with E-state index < -0.39 is 0 Å². The molecule has 2 unspecified atom stereocenters. The lowest BCUT2D eigenvalue weighted by atomic mass is 9.82. The predicted molar refractivity (Wildman–Crippen MR) is 66.3 cm³/mol. The molecule has 2 atom stereocenters. The summed E-state index contributed by atoms with van der Waals surface area (Å²) in [5, 5.41) is 3.88. The molecule has 0 spiro atoms. The molecule has 0 aliphatic heterocycles. The maximum absolute atomic E-state index is 12.1. The quantitative estimate of drug-likeness (QED) is 0.849. The third kappa shape index (κ3) is 2.49. The minimum Gasteiger partial charge on any atom is -0.328 e. The number of thiophene rings is 1. The highest BCUT2D eigenvalue weighted by molar-refractivity contribution is 9.10. The molecular weight excluding hydrogens is 274 g/mol. The predicted octanol–water partition coefficient (Wildman–Crippen LogP) is 3.21. The van der Waals surface area contributed by atoms with Crippen molar-refractivity contribution in [2.24, 2.45) is 11.7 Å². The fourth-order valence-electron chi connectivity index (χ4n) is 2.14. The van der Waals surface area contributed by atoms with Gasteiger partial charge in [-0.15, -0.1) is 0 Å². The molecule has 0 bridgehead atoms. The van der Waals surface area contributed by atoms with E-state index >= 15 is 0 Å². The van der Waals surface area contributed by atoms with Crippen molar-refractivity contribution in [1.29, 1.82) is 0 Å². The average Bonchev–Trinajstić information content (AvgIpc) is 2.63. The molecule has 0 aromatic carbocycles. The van der Waals surface area contributed by atoms with Crippen molar-refractivity contribution < 1.29 is 4.79 Å². The van der Waals surface area contributed by atoms with Gasteiger partial charge in [-0.2, -0.15) is 11.3 Å². The van der Waals surface area contributed by atoms with Gasteiger partial charge in [0.1, 0.15) is 0 Å². The number of halogens is 1. The van der Waals surface area contributed by atoms with Crippen LogP contribution in [-0.4, -0.2) is 11.8 Å². The zero-order valence-electron chi connectivity index (χ0n) is 8.41. The molecular formula is C11H14BrNOS. The molecule has 2 nitrogen and oxygen atoms in total. The van der Waals surface area contributed by atoms with Crippen molar-refractivity contribution in [2.45, 2.75) is 31.7 Å². The third-order valence-electron chi connectivity index (χ3n) is 2.97. The van der Waals surface area contributed by atoms with Crippen molar-refractivity contribution in [1.82, 2.24) is 0 Å². The minimum atomic E-state index is 0.139. The van der Waals surface area contributed by atoms with Crippen LogP contribution in [0.25, 0.3) is 0 Å². The fraction of sp³-hybridized carbons (Fsp3) is 0.545. The van der Waals surface area contributed by atoms with E-state index in [2.05, 4.69) is 15.9 Å². The van der Waals surface area contributed by atoms with Gasteiger partial charge in [0.25, 0.3) is 0 Å². The third-order valence-corrected chi connectivity index (χ3v) is 4.67. The second-order valence-electron chi connectivity index (χ2n) is 4.12. The first-order chi connectivity index (χ1) is 7.18. The SMILES string of the molecule is NC1CCCC(C(=O)c2cscc2Br)C1. The minimum absolute atomic E-state index is 0.139. The Morgan fingerprint density at radius 1 is 1.47 bits per heavy atom. The van der Waals surface area contributed by atoms with Gasteiger partial charge in [-0.25, -0.2) is 0 Å². The summed E-state index contributed by atoms with van der Waals surface area (Å²) in [6.45, 7) is 0. The number of Topliss-reactive ketones (excluding diaryl/α,β-unsaturated/α-hetero) is 1. The van der Waals surface area contributed by atoms with Crippen LogP contribution in [0.1, 0.15) is 36.0 Å². The number of hydrogen-bond acceptors (Lipinski definition) is 3. The molecule has 0 radical (unpaired) electrons. The summed E-state index contributed by atoms with van der Waals surface area (Å²) in [5.74, 6) is 0.401. The summed E-state index contributed by atoms with van der Waals surface area (Å²) in [5.41, 5.74) is 6.73. The maximum atomic E-state index is 12.1. The van der Waals surface area contributed by atoms with Crippen molar-refractivity contribution >= 4 is 33.0 Å². The molecule has 1 fully saturated rings. The molecule has 1 saturated carbocycles. The van der Waals surface area contributed by atoms with E-state index in [1.807, 2.05) is 10.8 Å². The zero-order valence-corrected chi connectivity index (χ0v) is 10.8. The van der Waals surface area contributed by atoms with Crippen LogP contribution in [0.2, 0.25) is 0 Å². The molecule has 1 aromatic rings. The molecule has 2 rings (SSSR count). The molecule has 82 valence electrons. The van der Waals surface area contributed by atoms with Gasteiger partial charge < -0.3 is 5.73 Å². The van der Waals surface area contributed by atoms with Gasteiger partial charge >= 0.3 is 0 Å². The standard InChI is InChI=1S/C11H14BrNOS/c12-10-6-15-5-9(10)11(14)7-2-1-3-8(13)4-7/h5-8H,1-4,13H2. The Hall–Kier alpha value is -0.190. The Labute approximate surface area is 102 Å². The Kier molecular flexibility index (Phi) is 3.59. The first-order valence-electron chi connectivity index (χ1n) is 5.20. The first-order valence-corrected chi connectivity index (χ1v) is 6.93. The number of ketones is 1. The van der Waals surface area contributed by atoms with E-state index in [-0.39, 0.29) is 17.7 Å². The van der Waals surface area contributed by atoms with E-state index in [4.69, 9.17) is 5.73 Å². The lowest BCUT2D eigenvalue weighted by molar-refractivity contribution is 0.0881. The van der Waals surface area contributed by atoms with Crippen molar-refractivity contribution in [3.05, 3.63) is 20.8 Å². The maximum Gasteiger partial charge on any atom is 0.167 e. The topological polar surface area (TPSA) is 43.1 Å². The fourth-order valence-corrected chi connectivity index (χ4v) is 3.62. The summed E-state index contributed by atoms with van der Waals surface area (Å²) in [6, 6.07) is 0.213. The number of carbonyl (C=O) groups is 1. The Morgan fingerprint density at radius 2 is 2.27 bits per heavy atom. The van der Waals surface area contributed by atoms with E-state index in [9.17, 15) is 4.79 Å². The van der Waals surface area contributed by atoms with E-state index in [0.29, 0.717) is 0 Å². The summed E-state index contributed by atoms with van der Waals surface area (Å²) in [4.78, 5) is 12.1. The highest BCUT2D eigenvalue weighted by Crippen LogP contribution is 2.30. The smallest absolute Gasteiger partial charge is 0.167 e. The lowest BCUT2D eigenvalue weighted by Crippen LogP contribution is -2.31. The first kappa shape index (κ1) is 11.3. The summed E-state index contributed by atoms with van der Waals surface area (Å²) in [7, 11) is 0. The number of hydrogen-bond donors (Lipinski definition) is 1. The molecule has 15 heavy (non-hydrogen) atoms. The summed E-state index contributed by atoms with van der Waals surface area (Å²) < 4.78 is 0.927. The second-order valence-corrected chi connectivity index (χ2v) is 5.72. The Balaban J connectivity index is 2.11. The molecule has 1 heterocycles. The largest absolute Gasteiger partial charge is 0.328 e. The monoisotopic (exact) mass is 287 g/mol. The van der Waals surface area contributed by atoms with Gasteiger partial charge in [0.2, 0.25) is 0 Å². The van der Waals surface area contributed by atoms with Crippen molar-refractivity contribution in [2.75, 3.05) is 0 Å². The van der Waals surface area contributed by atoms with Gasteiger partial charge in [-0.05, 0) is 35.2 Å². The average molecular weight is 288 g/mol. The van der Waals surface area contributed by atoms with Gasteiger partial charge in [-0.1, -0.05) is 6.42 Å². The van der Waals surface area contributed by atoms with Crippen LogP contribution >= 0.6 is 27.3 Å². The normalized spacial score (nSPS) is 26.5. The molecule has 0 saturated heterocycles. The number of rotatable bonds is 2. The molecule has 2 N–H and O–H groups in total. The Morgan fingerprint density at radius 3 is 2.87 bits per heavy atom. The molecule has 1 aromatic heterocycles. The van der Waals surface area contributed by atoms with Crippen LogP contribution in [0, 0.1) is 5.92 Å². The van der Waals surface area contributed by atoms with Gasteiger partial charge in [0.15, 0.2) is 5.78 Å². The van der Waals surface area contributed by atoms with E-state index in [1.54, 1.807) is 11.3 Å². The van der Waals surface area contributed by atoms with Crippen molar-refractivity contribution in [3.63, 3.8) is 0 Å².